The summed E-state index contributed by atoms with van der Waals surface area (Å²) in [5.41, 5.74) is 2.00. The van der Waals surface area contributed by atoms with Gasteiger partial charge in [-0.3, -0.25) is 4.79 Å². The molecule has 0 fully saturated rings. The van der Waals surface area contributed by atoms with Gasteiger partial charge in [-0.1, -0.05) is 28.9 Å². The van der Waals surface area contributed by atoms with E-state index in [1.807, 2.05) is 43.3 Å². The maximum absolute atomic E-state index is 12.4. The highest BCUT2D eigenvalue weighted by atomic mass is 35.5. The van der Waals surface area contributed by atoms with Crippen LogP contribution in [0.15, 0.2) is 54.7 Å². The number of carbonyl (C=O) groups is 1. The molecule has 25 heavy (non-hydrogen) atoms. The van der Waals surface area contributed by atoms with Gasteiger partial charge < -0.3 is 10.1 Å². The number of ether oxygens (including phenoxy) is 1. The van der Waals surface area contributed by atoms with Crippen molar-refractivity contribution in [1.29, 1.82) is 0 Å². The van der Waals surface area contributed by atoms with Crippen LogP contribution in [0.2, 0.25) is 5.02 Å². The summed E-state index contributed by atoms with van der Waals surface area (Å²) in [7, 11) is 1.61. The second-order valence-electron chi connectivity index (χ2n) is 5.49. The first-order chi connectivity index (χ1) is 12.1. The number of amides is 1. The van der Waals surface area contributed by atoms with Gasteiger partial charge in [0.2, 0.25) is 0 Å². The van der Waals surface area contributed by atoms with Crippen LogP contribution in [0, 0.1) is 0 Å². The van der Waals surface area contributed by atoms with Crippen molar-refractivity contribution < 1.29 is 9.53 Å². The van der Waals surface area contributed by atoms with Crippen molar-refractivity contribution in [2.24, 2.45) is 0 Å². The number of carbonyl (C=O) groups excluding carboxylic acids is 1. The van der Waals surface area contributed by atoms with E-state index < -0.39 is 0 Å². The van der Waals surface area contributed by atoms with Crippen molar-refractivity contribution in [1.82, 2.24) is 20.3 Å². The molecule has 3 aromatic rings. The zero-order valence-electron chi connectivity index (χ0n) is 13.8. The summed E-state index contributed by atoms with van der Waals surface area (Å²) < 4.78 is 6.67. The van der Waals surface area contributed by atoms with E-state index in [4.69, 9.17) is 16.3 Å². The van der Waals surface area contributed by atoms with Gasteiger partial charge in [0.15, 0.2) is 5.69 Å². The molecule has 0 spiro atoms. The van der Waals surface area contributed by atoms with E-state index in [-0.39, 0.29) is 17.6 Å². The van der Waals surface area contributed by atoms with E-state index in [0.29, 0.717) is 5.02 Å². The van der Waals surface area contributed by atoms with E-state index in [9.17, 15) is 4.79 Å². The van der Waals surface area contributed by atoms with Gasteiger partial charge in [0.05, 0.1) is 25.0 Å². The van der Waals surface area contributed by atoms with E-state index in [1.54, 1.807) is 30.1 Å². The van der Waals surface area contributed by atoms with Crippen molar-refractivity contribution in [2.75, 3.05) is 7.11 Å². The zero-order valence-corrected chi connectivity index (χ0v) is 14.6. The van der Waals surface area contributed by atoms with Gasteiger partial charge in [-0.15, -0.1) is 5.10 Å². The molecule has 7 heteroatoms. The fourth-order valence-corrected chi connectivity index (χ4v) is 2.46. The second kappa shape index (κ2) is 7.36. The molecule has 0 bridgehead atoms. The summed E-state index contributed by atoms with van der Waals surface area (Å²) in [6, 6.07) is 14.5. The Balaban J connectivity index is 1.70. The van der Waals surface area contributed by atoms with Crippen LogP contribution in [0.4, 0.5) is 0 Å². The molecule has 2 aromatic carbocycles. The zero-order chi connectivity index (χ0) is 17.8. The van der Waals surface area contributed by atoms with Gasteiger partial charge in [-0.2, -0.15) is 0 Å². The van der Waals surface area contributed by atoms with Crippen LogP contribution in [0.25, 0.3) is 5.69 Å². The molecule has 0 aliphatic carbocycles. The molecule has 0 saturated carbocycles. The van der Waals surface area contributed by atoms with Crippen LogP contribution in [0.3, 0.4) is 0 Å². The Labute approximate surface area is 150 Å². The van der Waals surface area contributed by atoms with E-state index in [1.165, 1.54) is 0 Å². The second-order valence-corrected chi connectivity index (χ2v) is 5.93. The standard InChI is InChI=1S/C18H17ClN4O2/c1-12(13-3-5-14(19)6-4-13)20-18(24)17-11-23(22-21-17)15-7-9-16(25-2)10-8-15/h3-12H,1-2H3,(H,20,24). The quantitative estimate of drug-likeness (QED) is 0.760. The molecule has 1 N–H and O–H groups in total. The summed E-state index contributed by atoms with van der Waals surface area (Å²) in [5.74, 6) is 0.459. The highest BCUT2D eigenvalue weighted by molar-refractivity contribution is 6.30. The van der Waals surface area contributed by atoms with Crippen molar-refractivity contribution in [3.63, 3.8) is 0 Å². The van der Waals surface area contributed by atoms with Crippen LogP contribution in [0.1, 0.15) is 29.0 Å². The molecular formula is C18H17ClN4O2. The van der Waals surface area contributed by atoms with Crippen molar-refractivity contribution >= 4 is 17.5 Å². The minimum Gasteiger partial charge on any atom is -0.497 e. The Morgan fingerprint density at radius 1 is 1.16 bits per heavy atom. The van der Waals surface area contributed by atoms with Gasteiger partial charge in [-0.05, 0) is 48.9 Å². The van der Waals surface area contributed by atoms with E-state index >= 15 is 0 Å². The van der Waals surface area contributed by atoms with E-state index in [2.05, 4.69) is 15.6 Å². The fourth-order valence-electron chi connectivity index (χ4n) is 2.33. The van der Waals surface area contributed by atoms with Crippen LogP contribution < -0.4 is 10.1 Å². The lowest BCUT2D eigenvalue weighted by molar-refractivity contribution is 0.0935. The fraction of sp³-hybridized carbons (Fsp3) is 0.167. The summed E-state index contributed by atoms with van der Waals surface area (Å²) in [4.78, 5) is 12.4. The normalized spacial score (nSPS) is 11.8. The topological polar surface area (TPSA) is 69.0 Å². The maximum atomic E-state index is 12.4. The molecule has 1 aromatic heterocycles. The monoisotopic (exact) mass is 356 g/mol. The van der Waals surface area contributed by atoms with Crippen LogP contribution in [0.5, 0.6) is 5.75 Å². The number of halogens is 1. The first-order valence-electron chi connectivity index (χ1n) is 7.70. The third kappa shape index (κ3) is 3.97. The lowest BCUT2D eigenvalue weighted by Gasteiger charge is -2.13. The maximum Gasteiger partial charge on any atom is 0.273 e. The molecule has 1 heterocycles. The number of hydrogen-bond donors (Lipinski definition) is 1. The largest absolute Gasteiger partial charge is 0.497 e. The van der Waals surface area contributed by atoms with Crippen LogP contribution >= 0.6 is 11.6 Å². The minimum absolute atomic E-state index is 0.170. The number of aromatic nitrogens is 3. The molecule has 128 valence electrons. The highest BCUT2D eigenvalue weighted by Crippen LogP contribution is 2.17. The molecule has 0 aliphatic rings. The van der Waals surface area contributed by atoms with Gasteiger partial charge in [-0.25, -0.2) is 4.68 Å². The molecule has 0 saturated heterocycles. The Kier molecular flexibility index (Phi) is 5.00. The first-order valence-corrected chi connectivity index (χ1v) is 8.07. The van der Waals surface area contributed by atoms with Crippen LogP contribution in [-0.4, -0.2) is 28.0 Å². The number of nitrogens with one attached hydrogen (secondary N) is 1. The number of rotatable bonds is 5. The highest BCUT2D eigenvalue weighted by Gasteiger charge is 2.15. The predicted octanol–water partition coefficient (Wildman–Crippen LogP) is 3.42. The average Bonchev–Trinajstić information content (AvgIpc) is 3.12. The summed E-state index contributed by atoms with van der Waals surface area (Å²) in [6.45, 7) is 1.90. The molecule has 1 atom stereocenters. The van der Waals surface area contributed by atoms with Gasteiger partial charge in [0, 0.05) is 5.02 Å². The third-order valence-corrected chi connectivity index (χ3v) is 4.03. The molecule has 1 amide bonds. The van der Waals surface area contributed by atoms with Crippen molar-refractivity contribution in [2.45, 2.75) is 13.0 Å². The number of nitrogens with zero attached hydrogens (tertiary/aromatic N) is 3. The Morgan fingerprint density at radius 3 is 2.48 bits per heavy atom. The molecule has 0 radical (unpaired) electrons. The lowest BCUT2D eigenvalue weighted by Crippen LogP contribution is -2.26. The smallest absolute Gasteiger partial charge is 0.273 e. The first kappa shape index (κ1) is 17.0. The Morgan fingerprint density at radius 2 is 1.84 bits per heavy atom. The number of methoxy groups -OCH3 is 1. The molecule has 3 rings (SSSR count). The minimum atomic E-state index is -0.290. The third-order valence-electron chi connectivity index (χ3n) is 3.78. The molecule has 6 nitrogen and oxygen atoms in total. The predicted molar refractivity (Wildman–Crippen MR) is 95.2 cm³/mol. The van der Waals surface area contributed by atoms with E-state index in [0.717, 1.165) is 17.0 Å². The SMILES string of the molecule is COc1ccc(-n2cc(C(=O)NC(C)c3ccc(Cl)cc3)nn2)cc1. The number of hydrogen-bond acceptors (Lipinski definition) is 4. The summed E-state index contributed by atoms with van der Waals surface area (Å²) in [5, 5.41) is 11.5. The van der Waals surface area contributed by atoms with Gasteiger partial charge in [0.1, 0.15) is 5.75 Å². The van der Waals surface area contributed by atoms with Crippen molar-refractivity contribution in [3.8, 4) is 11.4 Å². The van der Waals surface area contributed by atoms with Crippen molar-refractivity contribution in [3.05, 3.63) is 71.0 Å². The lowest BCUT2D eigenvalue weighted by atomic mass is 10.1. The Bertz CT molecular complexity index is 860. The van der Waals surface area contributed by atoms with Gasteiger partial charge >= 0.3 is 0 Å². The average molecular weight is 357 g/mol. The molecule has 1 unspecified atom stereocenters. The summed E-state index contributed by atoms with van der Waals surface area (Å²) >= 11 is 5.88. The number of benzene rings is 2. The summed E-state index contributed by atoms with van der Waals surface area (Å²) in [6.07, 6.45) is 1.59. The molecular weight excluding hydrogens is 340 g/mol. The van der Waals surface area contributed by atoms with Crippen LogP contribution in [-0.2, 0) is 0 Å². The van der Waals surface area contributed by atoms with Gasteiger partial charge in [0.25, 0.3) is 5.91 Å². The molecule has 0 aliphatic heterocycles. The Hall–Kier alpha value is -2.86.